The van der Waals surface area contributed by atoms with Gasteiger partial charge in [0.1, 0.15) is 16.1 Å². The summed E-state index contributed by atoms with van der Waals surface area (Å²) in [5.74, 6) is 0.291. The van der Waals surface area contributed by atoms with Crippen LogP contribution in [0.25, 0.3) is 60.6 Å². The molecule has 0 saturated carbocycles. The summed E-state index contributed by atoms with van der Waals surface area (Å²) in [6, 6.07) is 59.5. The van der Waals surface area contributed by atoms with Crippen molar-refractivity contribution in [3.8, 4) is 0 Å². The third-order valence-electron chi connectivity index (χ3n) is 21.0. The number of H-pyrrole nitrogens is 1. The van der Waals surface area contributed by atoms with Crippen molar-refractivity contribution in [2.45, 2.75) is 255 Å². The van der Waals surface area contributed by atoms with Gasteiger partial charge in [-0.25, -0.2) is 24.3 Å². The van der Waals surface area contributed by atoms with Crippen LogP contribution in [0.1, 0.15) is 206 Å². The number of halogens is 2. The first kappa shape index (κ1) is 105. The van der Waals surface area contributed by atoms with Crippen molar-refractivity contribution >= 4 is 128 Å². The molecular weight excluding hydrogens is 1750 g/mol. The number of aromatic nitrogens is 11. The standard InChI is InChI=1S/C19H23N3.C15H23FN2.C15H24N4.C13H19N3O.C12H17N3.C12H16N2O.C12H16N2.C11H14BrN3/c1-19(2,3)21-16-9-10-17-18(13-16)22(14-20-17)12-11-15-7-5-4-6-8-15;1-15(2,3)17-12-5-6-14(16)13(9-12)11-7-8-18(4)10-11;1-15(2,3)17-12-6-7-13-14(10-12)19(11-16-13)9-8-18(4)5;1-13(2,3)15-10-4-5-11-12(8-10)16(6-7-17)9-14-11;1-12(2,3)14-10-6-5-9-8-13-15(4)11(9)7-10;1-12(2,3)14-9-4-5-10-8(6-9)7-13-11(10)15;1-12(2,3)14-10-4-5-11-9(8-10)6-7-13-11;1-11(2,3)14-8-4-5-10-13-6-9(12)15(10)7-8/h4-10,13-14,21H,11-12H2,1-3H3;5-6,9,11,17H,7-8,10H2,1-4H3;6-7,10-11,17H,8-9H2,1-5H3;4-5,8-9,15,17H,6-7H2,1-3H3;5-8,14H,1-4H3;4-6,14H,7H2,1-3H3,(H,13,15);4-8,13-14H,1-3H3;4-7,14H,1-3H3. The summed E-state index contributed by atoms with van der Waals surface area (Å²) < 4.78 is 25.2. The molecule has 1 saturated heterocycles. The third kappa shape index (κ3) is 34.4. The number of fused-ring (bicyclic) bond motifs is 7. The number of carbonyl (C=O) groups excluding carboxylic acids is 1. The number of nitrogens with one attached hydrogen (secondary N) is 10. The predicted octanol–water partition coefficient (Wildman–Crippen LogP) is 24.6. The zero-order valence-corrected chi connectivity index (χ0v) is 87.0. The monoisotopic (exact) mass is 1900 g/mol. The van der Waals surface area contributed by atoms with Gasteiger partial charge in [-0.15, -0.1) is 0 Å². The van der Waals surface area contributed by atoms with E-state index in [-0.39, 0.29) is 62.6 Å². The fraction of sp³-hybridized carbons (Fsp3) is 0.431. The summed E-state index contributed by atoms with van der Waals surface area (Å²) in [5, 5.41) is 46.0. The number of aliphatic hydroxyl groups is 1. The average Bonchev–Trinajstić information content (AvgIpc) is 1.70. The van der Waals surface area contributed by atoms with Crippen molar-refractivity contribution in [1.29, 1.82) is 0 Å². The van der Waals surface area contributed by atoms with Crippen LogP contribution in [0.15, 0.2) is 224 Å². The van der Waals surface area contributed by atoms with E-state index in [4.69, 9.17) is 5.11 Å². The maximum Gasteiger partial charge on any atom is 0.251 e. The van der Waals surface area contributed by atoms with Crippen molar-refractivity contribution in [2.24, 2.45) is 7.05 Å². The molecule has 8 aromatic carbocycles. The van der Waals surface area contributed by atoms with Crippen molar-refractivity contribution < 1.29 is 14.3 Å². The van der Waals surface area contributed by atoms with Gasteiger partial charge in [0, 0.05) is 171 Å². The lowest BCUT2D eigenvalue weighted by atomic mass is 9.96. The van der Waals surface area contributed by atoms with E-state index in [1.807, 2.05) is 107 Å². The van der Waals surface area contributed by atoms with Gasteiger partial charge >= 0.3 is 0 Å². The van der Waals surface area contributed by atoms with E-state index in [0.717, 1.165) is 140 Å². The van der Waals surface area contributed by atoms with Gasteiger partial charge in [-0.1, -0.05) is 30.3 Å². The molecule has 0 bridgehead atoms. The molecule has 2 aliphatic rings. The predicted molar refractivity (Wildman–Crippen MR) is 573 cm³/mol. The number of hydrogen-bond donors (Lipinski definition) is 11. The molecule has 724 valence electrons. The molecular formula is C109H152BrFN22O2. The molecule has 1 unspecified atom stereocenters. The smallest absolute Gasteiger partial charge is 0.251 e. The van der Waals surface area contributed by atoms with Crippen LogP contribution in [0.5, 0.6) is 0 Å². The van der Waals surface area contributed by atoms with Crippen molar-refractivity contribution in [3.05, 3.63) is 252 Å². The van der Waals surface area contributed by atoms with E-state index in [2.05, 4.69) is 415 Å². The number of benzene rings is 8. The minimum atomic E-state index is -0.0743. The Morgan fingerprint density at radius 2 is 0.904 bits per heavy atom. The summed E-state index contributed by atoms with van der Waals surface area (Å²) >= 11 is 3.45. The number of likely N-dealkylation sites (N-methyl/N-ethyl adjacent to an activating group) is 2. The maximum absolute atomic E-state index is 13.9. The third-order valence-corrected chi connectivity index (χ3v) is 21.6. The first-order valence-electron chi connectivity index (χ1n) is 47.0. The summed E-state index contributed by atoms with van der Waals surface area (Å²) in [6.45, 7) is 57.7. The van der Waals surface area contributed by atoms with Crippen LogP contribution in [0.3, 0.4) is 0 Å². The van der Waals surface area contributed by atoms with Crippen molar-refractivity contribution in [2.75, 3.05) is 89.9 Å². The summed E-state index contributed by atoms with van der Waals surface area (Å²) in [5.41, 5.74) is 23.2. The zero-order valence-electron chi connectivity index (χ0n) is 85.4. The Morgan fingerprint density at radius 3 is 1.39 bits per heavy atom. The number of nitrogens with zero attached hydrogens (tertiary/aromatic N) is 12. The van der Waals surface area contributed by atoms with Gasteiger partial charge in [0.25, 0.3) is 5.91 Å². The SMILES string of the molecule is CC(C)(C)Nc1ccc2[nH]ccc2c1.CC(C)(C)Nc1ccc2c(c1)CNC2=O.CC(C)(C)Nc1ccc2ncc(Br)n2c1.CC(C)(C)Nc1ccc2ncn(CCO)c2c1.CC(C)(C)Nc1ccc2ncn(CCc3ccccc3)c2c1.CN(C)CCn1cnc2ccc(NC(C)(C)C)cc21.CN1CCC(c2cc(NC(C)(C)C)ccc2F)C1.Cn1ncc2ccc(NC(C)(C)C)cc21. The molecule has 2 aliphatic heterocycles. The molecule has 15 aromatic rings. The normalized spacial score (nSPS) is 13.5. The number of aliphatic hydroxyl groups excluding tert-OH is 1. The number of rotatable bonds is 17. The van der Waals surface area contributed by atoms with E-state index in [1.54, 1.807) is 18.6 Å². The molecule has 135 heavy (non-hydrogen) atoms. The van der Waals surface area contributed by atoms with E-state index in [1.165, 1.54) is 38.6 Å². The van der Waals surface area contributed by atoms with Crippen LogP contribution in [-0.2, 0) is 39.6 Å². The number of imidazole rings is 4. The lowest BCUT2D eigenvalue weighted by Crippen LogP contribution is -2.26. The summed E-state index contributed by atoms with van der Waals surface area (Å²) in [4.78, 5) is 36.5. The van der Waals surface area contributed by atoms with Crippen molar-refractivity contribution in [1.82, 2.24) is 67.9 Å². The Hall–Kier alpha value is -12.0. The second-order valence-electron chi connectivity index (χ2n) is 43.8. The molecule has 1 fully saturated rings. The first-order chi connectivity index (χ1) is 63.1. The number of carbonyl (C=O) groups is 1. The summed E-state index contributed by atoms with van der Waals surface area (Å²) in [7, 11) is 8.23. The minimum absolute atomic E-state index is 0.00155. The van der Waals surface area contributed by atoms with Crippen LogP contribution in [0.4, 0.5) is 49.9 Å². The molecule has 0 aliphatic carbocycles. The largest absolute Gasteiger partial charge is 0.395 e. The Morgan fingerprint density at radius 1 is 0.467 bits per heavy atom. The van der Waals surface area contributed by atoms with Gasteiger partial charge in [0.15, 0.2) is 0 Å². The fourth-order valence-corrected chi connectivity index (χ4v) is 15.9. The molecule has 1 amide bonds. The highest BCUT2D eigenvalue weighted by atomic mass is 79.9. The van der Waals surface area contributed by atoms with E-state index < -0.39 is 0 Å². The van der Waals surface area contributed by atoms with E-state index in [9.17, 15) is 9.18 Å². The molecule has 0 radical (unpaired) electrons. The van der Waals surface area contributed by atoms with Gasteiger partial charge in [-0.3, -0.25) is 13.9 Å². The molecule has 0 spiro atoms. The Balaban J connectivity index is 0.000000160. The molecule has 7 aromatic heterocycles. The Kier molecular flexibility index (Phi) is 35.1. The van der Waals surface area contributed by atoms with E-state index in [0.29, 0.717) is 19.0 Å². The highest BCUT2D eigenvalue weighted by Gasteiger charge is 2.26. The second kappa shape index (κ2) is 45.1. The van der Waals surface area contributed by atoms with Gasteiger partial charge in [-0.2, -0.15) is 5.10 Å². The highest BCUT2D eigenvalue weighted by molar-refractivity contribution is 9.10. The van der Waals surface area contributed by atoms with Crippen molar-refractivity contribution in [3.63, 3.8) is 0 Å². The molecule has 9 heterocycles. The second-order valence-corrected chi connectivity index (χ2v) is 44.6. The molecule has 17 rings (SSSR count). The lowest BCUT2D eigenvalue weighted by Gasteiger charge is -2.23. The molecule has 11 N–H and O–H groups in total. The number of likely N-dealkylation sites (tertiary alicyclic amines) is 1. The number of hydrogen-bond acceptors (Lipinski definition) is 17. The van der Waals surface area contributed by atoms with Gasteiger partial charge < -0.3 is 81.4 Å². The van der Waals surface area contributed by atoms with Gasteiger partial charge in [-0.05, 0) is 385 Å². The number of pyridine rings is 1. The molecule has 26 heteroatoms. The topological polar surface area (TPSA) is 256 Å². The van der Waals surface area contributed by atoms with Gasteiger partial charge in [0.2, 0.25) is 0 Å². The first-order valence-corrected chi connectivity index (χ1v) is 47.8. The number of amides is 1. The quantitative estimate of drug-likeness (QED) is 0.0405. The van der Waals surface area contributed by atoms with Crippen LogP contribution in [0.2, 0.25) is 0 Å². The number of anilines is 8. The number of aromatic amines is 1. The van der Waals surface area contributed by atoms with Crippen LogP contribution >= 0.6 is 15.9 Å². The van der Waals surface area contributed by atoms with Gasteiger partial charge in [0.05, 0.1) is 82.3 Å². The number of aryl methyl sites for hydroxylation is 3. The lowest BCUT2D eigenvalue weighted by molar-refractivity contribution is 0.0965. The van der Waals surface area contributed by atoms with Crippen LogP contribution in [0, 0.1) is 5.82 Å². The van der Waals surface area contributed by atoms with Crippen LogP contribution in [-0.4, -0.2) is 165 Å². The molecule has 24 nitrogen and oxygen atoms in total. The Bertz CT molecular complexity index is 6220. The zero-order chi connectivity index (χ0) is 98.8. The average molecular weight is 1900 g/mol. The van der Waals surface area contributed by atoms with Crippen LogP contribution < -0.4 is 47.9 Å². The Labute approximate surface area is 809 Å². The van der Waals surface area contributed by atoms with E-state index >= 15 is 0 Å². The molecule has 1 atom stereocenters. The highest BCUT2D eigenvalue weighted by Crippen LogP contribution is 2.33. The summed E-state index contributed by atoms with van der Waals surface area (Å²) in [6.07, 6.45) is 15.4. The maximum atomic E-state index is 13.9. The minimum Gasteiger partial charge on any atom is -0.395 e. The fourth-order valence-electron chi connectivity index (χ4n) is 15.5.